The highest BCUT2D eigenvalue weighted by molar-refractivity contribution is 5.66. The van der Waals surface area contributed by atoms with E-state index in [2.05, 4.69) is 45.0 Å². The Morgan fingerprint density at radius 2 is 1.72 bits per heavy atom. The Balaban J connectivity index is 0.000000333. The summed E-state index contributed by atoms with van der Waals surface area (Å²) in [7, 11) is 0. The van der Waals surface area contributed by atoms with Gasteiger partial charge in [0.25, 0.3) is 0 Å². The number of hydrogen-bond donors (Lipinski definition) is 1. The van der Waals surface area contributed by atoms with Crippen LogP contribution in [0, 0.1) is 6.92 Å². The summed E-state index contributed by atoms with van der Waals surface area (Å²) in [6.07, 6.45) is 12.0. The highest BCUT2D eigenvalue weighted by atomic mass is 16.6. The summed E-state index contributed by atoms with van der Waals surface area (Å²) in [5.41, 5.74) is 2.83. The van der Waals surface area contributed by atoms with E-state index >= 15 is 0 Å². The molecule has 1 aromatic carbocycles. The summed E-state index contributed by atoms with van der Waals surface area (Å²) in [6.45, 7) is 6.46. The van der Waals surface area contributed by atoms with E-state index in [1.54, 1.807) is 0 Å². The minimum absolute atomic E-state index is 0.327. The molecule has 2 rings (SSSR count). The minimum atomic E-state index is -0.682. The summed E-state index contributed by atoms with van der Waals surface area (Å²) in [4.78, 5) is 9.87. The first-order chi connectivity index (χ1) is 12.1. The van der Waals surface area contributed by atoms with Crippen LogP contribution in [0.4, 0.5) is 0 Å². The van der Waals surface area contributed by atoms with E-state index < -0.39 is 5.97 Å². The van der Waals surface area contributed by atoms with Crippen molar-refractivity contribution in [1.82, 2.24) is 0 Å². The van der Waals surface area contributed by atoms with E-state index in [0.717, 1.165) is 19.3 Å². The molecule has 0 bridgehead atoms. The SMILES string of the molecule is CCCCC1OC1CCCc1cccc(C)c1.CCCCCC(=O)O. The van der Waals surface area contributed by atoms with Crippen molar-refractivity contribution in [1.29, 1.82) is 0 Å². The lowest BCUT2D eigenvalue weighted by Crippen LogP contribution is -1.96. The quantitative estimate of drug-likeness (QED) is 0.398. The van der Waals surface area contributed by atoms with E-state index in [1.165, 1.54) is 49.7 Å². The highest BCUT2D eigenvalue weighted by Gasteiger charge is 2.36. The van der Waals surface area contributed by atoms with Crippen LogP contribution in [0.25, 0.3) is 0 Å². The van der Waals surface area contributed by atoms with Crippen molar-refractivity contribution in [3.05, 3.63) is 35.4 Å². The molecule has 1 aromatic rings. The van der Waals surface area contributed by atoms with Gasteiger partial charge in [0.05, 0.1) is 12.2 Å². The molecule has 142 valence electrons. The molecule has 0 spiro atoms. The molecular weight excluding hydrogens is 312 g/mol. The number of benzene rings is 1. The van der Waals surface area contributed by atoms with Crippen LogP contribution in [0.3, 0.4) is 0 Å². The van der Waals surface area contributed by atoms with E-state index in [9.17, 15) is 4.79 Å². The monoisotopic (exact) mass is 348 g/mol. The van der Waals surface area contributed by atoms with E-state index in [1.807, 2.05) is 0 Å². The smallest absolute Gasteiger partial charge is 0.303 e. The lowest BCUT2D eigenvalue weighted by Gasteiger charge is -2.01. The van der Waals surface area contributed by atoms with Crippen LogP contribution < -0.4 is 0 Å². The summed E-state index contributed by atoms with van der Waals surface area (Å²) < 4.78 is 5.68. The van der Waals surface area contributed by atoms with Crippen LogP contribution in [0.15, 0.2) is 24.3 Å². The van der Waals surface area contributed by atoms with Crippen molar-refractivity contribution < 1.29 is 14.6 Å². The summed E-state index contributed by atoms with van der Waals surface area (Å²) in [6, 6.07) is 8.84. The van der Waals surface area contributed by atoms with Gasteiger partial charge in [0.1, 0.15) is 0 Å². The highest BCUT2D eigenvalue weighted by Crippen LogP contribution is 2.31. The van der Waals surface area contributed by atoms with Gasteiger partial charge in [-0.25, -0.2) is 0 Å². The number of aryl methyl sites for hydroxylation is 2. The van der Waals surface area contributed by atoms with E-state index in [4.69, 9.17) is 9.84 Å². The molecule has 3 heteroatoms. The lowest BCUT2D eigenvalue weighted by atomic mass is 10.0. The topological polar surface area (TPSA) is 49.8 Å². The maximum absolute atomic E-state index is 9.87. The molecule has 1 aliphatic heterocycles. The molecular formula is C22H36O3. The van der Waals surface area contributed by atoms with Crippen LogP contribution in [0.2, 0.25) is 0 Å². The number of carboxylic acid groups (broad SMARTS) is 1. The van der Waals surface area contributed by atoms with Gasteiger partial charge in [0, 0.05) is 6.42 Å². The molecule has 3 nitrogen and oxygen atoms in total. The van der Waals surface area contributed by atoms with Gasteiger partial charge in [0.15, 0.2) is 0 Å². The largest absolute Gasteiger partial charge is 0.481 e. The molecule has 0 radical (unpaired) electrons. The molecule has 0 aromatic heterocycles. The number of unbranched alkanes of at least 4 members (excludes halogenated alkanes) is 3. The molecule has 2 unspecified atom stereocenters. The zero-order valence-corrected chi connectivity index (χ0v) is 16.3. The predicted octanol–water partition coefficient (Wildman–Crippen LogP) is 5.93. The van der Waals surface area contributed by atoms with Gasteiger partial charge >= 0.3 is 5.97 Å². The molecule has 1 fully saturated rings. The molecule has 1 aliphatic rings. The Labute approximate surface area is 153 Å². The van der Waals surface area contributed by atoms with Crippen molar-refractivity contribution in [2.24, 2.45) is 0 Å². The van der Waals surface area contributed by atoms with Gasteiger partial charge in [-0.1, -0.05) is 69.4 Å². The lowest BCUT2D eigenvalue weighted by molar-refractivity contribution is -0.137. The first kappa shape index (κ1) is 21.7. The van der Waals surface area contributed by atoms with Crippen LogP contribution >= 0.6 is 0 Å². The van der Waals surface area contributed by atoms with Crippen LogP contribution in [0.5, 0.6) is 0 Å². The Bertz CT molecular complexity index is 484. The first-order valence-corrected chi connectivity index (χ1v) is 9.99. The zero-order valence-electron chi connectivity index (χ0n) is 16.3. The molecule has 25 heavy (non-hydrogen) atoms. The predicted molar refractivity (Wildman–Crippen MR) is 104 cm³/mol. The Morgan fingerprint density at radius 1 is 1.04 bits per heavy atom. The average Bonchev–Trinajstić information content (AvgIpc) is 3.32. The fourth-order valence-electron chi connectivity index (χ4n) is 2.99. The second-order valence-corrected chi connectivity index (χ2v) is 7.09. The van der Waals surface area contributed by atoms with E-state index in [-0.39, 0.29) is 0 Å². The third-order valence-electron chi connectivity index (χ3n) is 4.56. The minimum Gasteiger partial charge on any atom is -0.481 e. The summed E-state index contributed by atoms with van der Waals surface area (Å²) >= 11 is 0. The van der Waals surface area contributed by atoms with Crippen molar-refractivity contribution in [3.63, 3.8) is 0 Å². The second-order valence-electron chi connectivity index (χ2n) is 7.09. The molecule has 1 saturated heterocycles. The van der Waals surface area contributed by atoms with Gasteiger partial charge in [-0.3, -0.25) is 4.79 Å². The Morgan fingerprint density at radius 3 is 2.32 bits per heavy atom. The Hall–Kier alpha value is -1.35. The van der Waals surface area contributed by atoms with Gasteiger partial charge in [-0.15, -0.1) is 0 Å². The molecule has 0 amide bonds. The molecule has 1 N–H and O–H groups in total. The van der Waals surface area contributed by atoms with Crippen molar-refractivity contribution in [2.45, 2.75) is 97.2 Å². The molecule has 0 aliphatic carbocycles. The number of carbonyl (C=O) groups is 1. The summed E-state index contributed by atoms with van der Waals surface area (Å²) in [5, 5.41) is 8.14. The van der Waals surface area contributed by atoms with Crippen molar-refractivity contribution in [3.8, 4) is 0 Å². The maximum atomic E-state index is 9.87. The number of hydrogen-bond acceptors (Lipinski definition) is 2. The fourth-order valence-corrected chi connectivity index (χ4v) is 2.99. The van der Waals surface area contributed by atoms with Crippen molar-refractivity contribution >= 4 is 5.97 Å². The van der Waals surface area contributed by atoms with Gasteiger partial charge < -0.3 is 9.84 Å². The number of epoxide rings is 1. The third kappa shape index (κ3) is 11.0. The molecule has 2 atom stereocenters. The van der Waals surface area contributed by atoms with Crippen LogP contribution in [-0.2, 0) is 16.0 Å². The number of rotatable bonds is 11. The van der Waals surface area contributed by atoms with Gasteiger partial charge in [-0.05, 0) is 44.6 Å². The zero-order chi connectivity index (χ0) is 18.5. The molecule has 1 heterocycles. The molecule has 0 saturated carbocycles. The summed E-state index contributed by atoms with van der Waals surface area (Å²) in [5.74, 6) is -0.682. The van der Waals surface area contributed by atoms with Crippen LogP contribution in [0.1, 0.15) is 82.8 Å². The third-order valence-corrected chi connectivity index (χ3v) is 4.56. The normalized spacial score (nSPS) is 18.4. The number of aliphatic carboxylic acids is 1. The number of carboxylic acids is 1. The van der Waals surface area contributed by atoms with E-state index in [0.29, 0.717) is 18.6 Å². The second kappa shape index (κ2) is 12.9. The van der Waals surface area contributed by atoms with Crippen LogP contribution in [-0.4, -0.2) is 23.3 Å². The van der Waals surface area contributed by atoms with Crippen molar-refractivity contribution in [2.75, 3.05) is 0 Å². The average molecular weight is 349 g/mol. The number of ether oxygens (including phenoxy) is 1. The van der Waals surface area contributed by atoms with Gasteiger partial charge in [0.2, 0.25) is 0 Å². The standard InChI is InChI=1S/C16H24O.C6H12O2/c1-3-4-10-15-16(17-15)11-6-9-14-8-5-7-13(2)12-14;1-2-3-4-5-6(7)8/h5,7-8,12,15-16H,3-4,6,9-11H2,1-2H3;2-5H2,1H3,(H,7,8). The maximum Gasteiger partial charge on any atom is 0.303 e. The fraction of sp³-hybridized carbons (Fsp3) is 0.682. The Kier molecular flexibility index (Phi) is 11.2. The first-order valence-electron chi connectivity index (χ1n) is 9.99. The van der Waals surface area contributed by atoms with Gasteiger partial charge in [-0.2, -0.15) is 0 Å².